The van der Waals surface area contributed by atoms with Gasteiger partial charge in [-0.3, -0.25) is 9.59 Å². The number of benzene rings is 1. The maximum absolute atomic E-state index is 12.2. The van der Waals surface area contributed by atoms with Gasteiger partial charge in [0.05, 0.1) is 4.90 Å². The largest absolute Gasteiger partial charge is 0.455 e. The predicted molar refractivity (Wildman–Crippen MR) is 94.4 cm³/mol. The second-order valence-corrected chi connectivity index (χ2v) is 8.59. The Hall–Kier alpha value is -2.59. The molecule has 27 heavy (non-hydrogen) atoms. The number of ketones is 1. The first-order valence-electron chi connectivity index (χ1n) is 8.08. The maximum Gasteiger partial charge on any atom is 0.321 e. The summed E-state index contributed by atoms with van der Waals surface area (Å²) < 4.78 is 36.4. The normalized spacial score (nSPS) is 12.0. The first-order valence-corrected chi connectivity index (χ1v) is 9.57. The van der Waals surface area contributed by atoms with Crippen molar-refractivity contribution in [2.24, 2.45) is 0 Å². The molecule has 1 aromatic carbocycles. The third-order valence-corrected chi connectivity index (χ3v) is 4.89. The number of hydrogen-bond acceptors (Lipinski definition) is 8. The summed E-state index contributed by atoms with van der Waals surface area (Å²) in [5.74, 6) is -0.375. The molecule has 0 unspecified atom stereocenters. The number of sulfonamides is 1. The molecule has 0 fully saturated rings. The van der Waals surface area contributed by atoms with Crippen LogP contribution >= 0.6 is 0 Å². The summed E-state index contributed by atoms with van der Waals surface area (Å²) >= 11 is 0. The van der Waals surface area contributed by atoms with Crippen molar-refractivity contribution >= 4 is 21.8 Å². The predicted octanol–water partition coefficient (Wildman–Crippen LogP) is 1.59. The second kappa shape index (κ2) is 7.97. The van der Waals surface area contributed by atoms with Gasteiger partial charge in [-0.1, -0.05) is 38.1 Å². The molecule has 2 aromatic rings. The zero-order valence-electron chi connectivity index (χ0n) is 15.5. The van der Waals surface area contributed by atoms with Gasteiger partial charge in [-0.25, -0.2) is 8.42 Å². The molecular formula is C17H21N3O6S. The van der Waals surface area contributed by atoms with Gasteiger partial charge in [0.25, 0.3) is 5.89 Å². The van der Waals surface area contributed by atoms with E-state index in [9.17, 15) is 18.0 Å². The van der Waals surface area contributed by atoms with Gasteiger partial charge in [0, 0.05) is 11.0 Å². The van der Waals surface area contributed by atoms with E-state index in [-0.39, 0.29) is 28.6 Å². The summed E-state index contributed by atoms with van der Waals surface area (Å²) in [7, 11) is -3.91. The number of nitrogens with one attached hydrogen (secondary N) is 1. The number of carbonyl (C=O) groups is 2. The van der Waals surface area contributed by atoms with Crippen molar-refractivity contribution in [2.75, 3.05) is 6.54 Å². The summed E-state index contributed by atoms with van der Waals surface area (Å²) in [6, 6.07) is 5.38. The van der Waals surface area contributed by atoms with Crippen molar-refractivity contribution in [2.45, 2.75) is 44.6 Å². The fraction of sp³-hybridized carbons (Fsp3) is 0.412. The minimum atomic E-state index is -3.91. The fourth-order valence-corrected chi connectivity index (χ4v) is 2.89. The Morgan fingerprint density at radius 3 is 2.33 bits per heavy atom. The fourth-order valence-electron chi connectivity index (χ4n) is 1.92. The SMILES string of the molecule is CC(=O)c1ccc(S(=O)(=O)NCC(=O)OCc2nc(C(C)(C)C)no2)cc1. The second-order valence-electron chi connectivity index (χ2n) is 6.83. The van der Waals surface area contributed by atoms with Crippen LogP contribution in [0.1, 0.15) is 49.8 Å². The van der Waals surface area contributed by atoms with Crippen LogP contribution in [0.4, 0.5) is 0 Å². The number of rotatable bonds is 7. The average Bonchev–Trinajstić information content (AvgIpc) is 3.08. The highest BCUT2D eigenvalue weighted by Crippen LogP contribution is 2.18. The molecule has 0 saturated heterocycles. The monoisotopic (exact) mass is 395 g/mol. The molecule has 0 amide bonds. The molecular weight excluding hydrogens is 374 g/mol. The first kappa shape index (κ1) is 20.7. The minimum Gasteiger partial charge on any atom is -0.455 e. The molecule has 0 spiro atoms. The van der Waals surface area contributed by atoms with E-state index in [2.05, 4.69) is 14.9 Å². The van der Waals surface area contributed by atoms with E-state index in [1.165, 1.54) is 31.2 Å². The molecule has 0 aliphatic rings. The number of ether oxygens (including phenoxy) is 1. The molecule has 0 atom stereocenters. The topological polar surface area (TPSA) is 128 Å². The summed E-state index contributed by atoms with van der Waals surface area (Å²) in [5.41, 5.74) is 0.0850. The van der Waals surface area contributed by atoms with Gasteiger partial charge in [-0.05, 0) is 19.1 Å². The molecule has 0 radical (unpaired) electrons. The van der Waals surface area contributed by atoms with Crippen molar-refractivity contribution in [1.82, 2.24) is 14.9 Å². The van der Waals surface area contributed by atoms with Crippen LogP contribution in [0.15, 0.2) is 33.7 Å². The average molecular weight is 395 g/mol. The van der Waals surface area contributed by atoms with E-state index in [1.807, 2.05) is 20.8 Å². The van der Waals surface area contributed by atoms with Gasteiger partial charge < -0.3 is 9.26 Å². The molecule has 10 heteroatoms. The highest BCUT2D eigenvalue weighted by atomic mass is 32.2. The van der Waals surface area contributed by atoms with Crippen molar-refractivity contribution < 1.29 is 27.3 Å². The number of aromatic nitrogens is 2. The van der Waals surface area contributed by atoms with E-state index in [0.717, 1.165) is 0 Å². The van der Waals surface area contributed by atoms with E-state index in [1.54, 1.807) is 0 Å². The molecule has 146 valence electrons. The molecule has 1 heterocycles. The third-order valence-electron chi connectivity index (χ3n) is 3.47. The van der Waals surface area contributed by atoms with Crippen LogP contribution in [-0.4, -0.2) is 36.9 Å². The van der Waals surface area contributed by atoms with Crippen molar-refractivity contribution in [1.29, 1.82) is 0 Å². The number of Topliss-reactive ketones (excluding diaryl/α,β-unsaturated/α-hetero) is 1. The molecule has 9 nitrogen and oxygen atoms in total. The zero-order valence-corrected chi connectivity index (χ0v) is 16.3. The number of nitrogens with zero attached hydrogens (tertiary/aromatic N) is 2. The van der Waals surface area contributed by atoms with Crippen LogP contribution in [0.25, 0.3) is 0 Å². The van der Waals surface area contributed by atoms with Crippen LogP contribution < -0.4 is 4.72 Å². The number of hydrogen-bond donors (Lipinski definition) is 1. The Kier molecular flexibility index (Phi) is 6.11. The molecule has 1 N–H and O–H groups in total. The van der Waals surface area contributed by atoms with E-state index in [4.69, 9.17) is 9.26 Å². The van der Waals surface area contributed by atoms with Crippen LogP contribution in [0.5, 0.6) is 0 Å². The Balaban J connectivity index is 1.88. The lowest BCUT2D eigenvalue weighted by Gasteiger charge is -2.10. The molecule has 0 aliphatic carbocycles. The van der Waals surface area contributed by atoms with E-state index < -0.39 is 22.5 Å². The van der Waals surface area contributed by atoms with Gasteiger partial charge in [-0.15, -0.1) is 0 Å². The van der Waals surface area contributed by atoms with Gasteiger partial charge >= 0.3 is 5.97 Å². The van der Waals surface area contributed by atoms with Crippen molar-refractivity contribution in [3.8, 4) is 0 Å². The van der Waals surface area contributed by atoms with Crippen LogP contribution in [0, 0.1) is 0 Å². The summed E-state index contributed by atoms with van der Waals surface area (Å²) in [6.07, 6.45) is 0. The lowest BCUT2D eigenvalue weighted by molar-refractivity contribution is -0.144. The quantitative estimate of drug-likeness (QED) is 0.553. The Morgan fingerprint density at radius 1 is 1.19 bits per heavy atom. The zero-order chi connectivity index (χ0) is 20.2. The van der Waals surface area contributed by atoms with Crippen LogP contribution in [0.3, 0.4) is 0 Å². The standard InChI is InChI=1S/C17H21N3O6S/c1-11(21)12-5-7-13(8-6-12)27(23,24)18-9-15(22)25-10-14-19-16(20-26-14)17(2,3)4/h5-8,18H,9-10H2,1-4H3. The van der Waals surface area contributed by atoms with Gasteiger partial charge in [-0.2, -0.15) is 9.71 Å². The van der Waals surface area contributed by atoms with Gasteiger partial charge in [0.1, 0.15) is 6.54 Å². The summed E-state index contributed by atoms with van der Waals surface area (Å²) in [4.78, 5) is 27.0. The first-order chi connectivity index (χ1) is 12.5. The van der Waals surface area contributed by atoms with Gasteiger partial charge in [0.15, 0.2) is 18.2 Å². The van der Waals surface area contributed by atoms with Crippen molar-refractivity contribution in [3.05, 3.63) is 41.5 Å². The van der Waals surface area contributed by atoms with Crippen molar-refractivity contribution in [3.63, 3.8) is 0 Å². The molecule has 2 rings (SSSR count). The van der Waals surface area contributed by atoms with E-state index >= 15 is 0 Å². The lowest BCUT2D eigenvalue weighted by Crippen LogP contribution is -2.30. The Morgan fingerprint density at radius 2 is 1.81 bits per heavy atom. The molecule has 0 aliphatic heterocycles. The maximum atomic E-state index is 12.2. The van der Waals surface area contributed by atoms with Gasteiger partial charge in [0.2, 0.25) is 10.0 Å². The smallest absolute Gasteiger partial charge is 0.321 e. The highest BCUT2D eigenvalue weighted by molar-refractivity contribution is 7.89. The number of carbonyl (C=O) groups excluding carboxylic acids is 2. The van der Waals surface area contributed by atoms with Crippen LogP contribution in [0.2, 0.25) is 0 Å². The lowest BCUT2D eigenvalue weighted by atomic mass is 9.96. The number of esters is 1. The third kappa shape index (κ3) is 5.69. The highest BCUT2D eigenvalue weighted by Gasteiger charge is 2.22. The molecule has 0 saturated carbocycles. The molecule has 1 aromatic heterocycles. The summed E-state index contributed by atoms with van der Waals surface area (Å²) in [6.45, 7) is 6.29. The Bertz CT molecular complexity index is 926. The minimum absolute atomic E-state index is 0.0629. The van der Waals surface area contributed by atoms with Crippen LogP contribution in [-0.2, 0) is 31.6 Å². The summed E-state index contributed by atoms with van der Waals surface area (Å²) in [5, 5.41) is 3.80. The van der Waals surface area contributed by atoms with E-state index in [0.29, 0.717) is 11.4 Å². The molecule has 0 bridgehead atoms. The Labute approximate surface area is 157 Å².